The Morgan fingerprint density at radius 1 is 1.36 bits per heavy atom. The summed E-state index contributed by atoms with van der Waals surface area (Å²) < 4.78 is 5.17. The van der Waals surface area contributed by atoms with Crippen LogP contribution in [-0.4, -0.2) is 40.8 Å². The molecule has 1 aliphatic rings. The maximum atomic E-state index is 13.3. The monoisotopic (exact) mass is 385 g/mol. The summed E-state index contributed by atoms with van der Waals surface area (Å²) in [5.74, 6) is -0.728. The number of aliphatic hydroxyl groups excluding tert-OH is 1. The van der Waals surface area contributed by atoms with Crippen LogP contribution in [0.4, 0.5) is 4.79 Å². The minimum absolute atomic E-state index is 0.159. The van der Waals surface area contributed by atoms with Crippen molar-refractivity contribution in [2.75, 3.05) is 6.61 Å². The predicted molar refractivity (Wildman–Crippen MR) is 110 cm³/mol. The average Bonchev–Trinajstić information content (AvgIpc) is 3.02. The summed E-state index contributed by atoms with van der Waals surface area (Å²) in [6.07, 6.45) is 3.93. The van der Waals surface area contributed by atoms with Gasteiger partial charge in [0.15, 0.2) is 0 Å². The Hall–Kier alpha value is -2.40. The van der Waals surface area contributed by atoms with E-state index in [1.54, 1.807) is 0 Å². The number of aliphatic hydroxyl groups is 1. The van der Waals surface area contributed by atoms with Gasteiger partial charge in [-0.25, -0.2) is 9.69 Å². The highest BCUT2D eigenvalue weighted by molar-refractivity contribution is 5.96. The van der Waals surface area contributed by atoms with Crippen molar-refractivity contribution in [1.82, 2.24) is 4.90 Å². The second-order valence-corrected chi connectivity index (χ2v) is 7.75. The molecular weight excluding hydrogens is 354 g/mol. The molecule has 0 radical (unpaired) electrons. The van der Waals surface area contributed by atoms with Crippen LogP contribution in [0.2, 0.25) is 0 Å². The van der Waals surface area contributed by atoms with E-state index in [2.05, 4.69) is 20.4 Å². The number of amides is 2. The maximum Gasteiger partial charge on any atom is 0.417 e. The molecule has 2 rings (SSSR count). The number of carbonyl (C=O) groups excluding carboxylic acids is 2. The highest BCUT2D eigenvalue weighted by Gasteiger charge is 2.42. The van der Waals surface area contributed by atoms with E-state index in [1.807, 2.05) is 43.3 Å². The third kappa shape index (κ3) is 5.55. The first-order valence-corrected chi connectivity index (χ1v) is 9.86. The van der Waals surface area contributed by atoms with Gasteiger partial charge in [0.25, 0.3) is 0 Å². The lowest BCUT2D eigenvalue weighted by molar-refractivity contribution is -0.134. The van der Waals surface area contributed by atoms with Crippen LogP contribution >= 0.6 is 0 Å². The lowest BCUT2D eigenvalue weighted by Crippen LogP contribution is -2.46. The standard InChI is InChI=1S/C23H31NO4/c1-5-20(25)21(17(4)11-9-10-16(2)3)22(26)24-19(15-28-23(24)27)14-18-12-7-6-8-13-18/h5-8,11-13,16,19-21,25H,1,9-10,14-15H2,2-4H3/b17-11+/t19-,20+,21?/m0/s1. The van der Waals surface area contributed by atoms with Crippen molar-refractivity contribution in [3.8, 4) is 0 Å². The summed E-state index contributed by atoms with van der Waals surface area (Å²) in [5.41, 5.74) is 1.77. The van der Waals surface area contributed by atoms with E-state index in [0.717, 1.165) is 24.0 Å². The van der Waals surface area contributed by atoms with Gasteiger partial charge < -0.3 is 9.84 Å². The Kier molecular flexibility index (Phi) is 8.00. The molecule has 152 valence electrons. The van der Waals surface area contributed by atoms with Gasteiger partial charge in [-0.3, -0.25) is 4.79 Å². The van der Waals surface area contributed by atoms with Crippen molar-refractivity contribution < 1.29 is 19.4 Å². The van der Waals surface area contributed by atoms with Crippen molar-refractivity contribution in [2.45, 2.75) is 52.2 Å². The van der Waals surface area contributed by atoms with E-state index < -0.39 is 24.0 Å². The van der Waals surface area contributed by atoms with E-state index in [-0.39, 0.29) is 12.6 Å². The zero-order chi connectivity index (χ0) is 20.7. The molecule has 28 heavy (non-hydrogen) atoms. The number of rotatable bonds is 9. The van der Waals surface area contributed by atoms with E-state index in [9.17, 15) is 14.7 Å². The predicted octanol–water partition coefficient (Wildman–Crippen LogP) is 4.12. The molecule has 5 nitrogen and oxygen atoms in total. The molecule has 0 aromatic heterocycles. The molecule has 3 atom stereocenters. The Balaban J connectivity index is 2.22. The molecule has 1 aromatic carbocycles. The van der Waals surface area contributed by atoms with Crippen LogP contribution in [0, 0.1) is 11.8 Å². The SMILES string of the molecule is C=C[C@@H](O)C(C(=O)N1C(=O)OC[C@@H]1Cc1ccccc1)/C(C)=C/CCC(C)C. The Morgan fingerprint density at radius 3 is 2.64 bits per heavy atom. The van der Waals surface area contributed by atoms with E-state index in [0.29, 0.717) is 12.3 Å². The average molecular weight is 386 g/mol. The lowest BCUT2D eigenvalue weighted by Gasteiger charge is -2.27. The largest absolute Gasteiger partial charge is 0.447 e. The summed E-state index contributed by atoms with van der Waals surface area (Å²) in [6.45, 7) is 9.88. The number of ether oxygens (including phenoxy) is 1. The lowest BCUT2D eigenvalue weighted by atomic mass is 9.90. The molecule has 0 aliphatic carbocycles. The normalized spacial score (nSPS) is 19.5. The van der Waals surface area contributed by atoms with Gasteiger partial charge in [0.2, 0.25) is 5.91 Å². The van der Waals surface area contributed by atoms with Gasteiger partial charge in [0.1, 0.15) is 6.61 Å². The third-order valence-corrected chi connectivity index (χ3v) is 5.06. The van der Waals surface area contributed by atoms with Crippen molar-refractivity contribution >= 4 is 12.0 Å². The number of hydrogen-bond donors (Lipinski definition) is 1. The van der Waals surface area contributed by atoms with Crippen molar-refractivity contribution in [2.24, 2.45) is 11.8 Å². The molecule has 1 heterocycles. The molecule has 0 spiro atoms. The smallest absolute Gasteiger partial charge is 0.417 e. The number of imide groups is 1. The van der Waals surface area contributed by atoms with Gasteiger partial charge in [-0.05, 0) is 37.7 Å². The molecular formula is C23H31NO4. The summed E-state index contributed by atoms with van der Waals surface area (Å²) in [6, 6.07) is 9.29. The molecule has 2 amide bonds. The third-order valence-electron chi connectivity index (χ3n) is 5.06. The van der Waals surface area contributed by atoms with Crippen molar-refractivity contribution in [1.29, 1.82) is 0 Å². The zero-order valence-corrected chi connectivity index (χ0v) is 17.0. The summed E-state index contributed by atoms with van der Waals surface area (Å²) >= 11 is 0. The van der Waals surface area contributed by atoms with Gasteiger partial charge in [-0.1, -0.05) is 61.9 Å². The van der Waals surface area contributed by atoms with E-state index >= 15 is 0 Å². The van der Waals surface area contributed by atoms with Gasteiger partial charge in [0.05, 0.1) is 18.1 Å². The first kappa shape index (κ1) is 21.9. The summed E-state index contributed by atoms with van der Waals surface area (Å²) in [5, 5.41) is 10.4. The van der Waals surface area contributed by atoms with Crippen LogP contribution < -0.4 is 0 Å². The highest BCUT2D eigenvalue weighted by Crippen LogP contribution is 2.26. The van der Waals surface area contributed by atoms with Crippen molar-refractivity contribution in [3.63, 3.8) is 0 Å². The van der Waals surface area contributed by atoms with Gasteiger partial charge in [-0.2, -0.15) is 0 Å². The number of carbonyl (C=O) groups is 2. The van der Waals surface area contributed by atoms with Gasteiger partial charge in [-0.15, -0.1) is 6.58 Å². The van der Waals surface area contributed by atoms with E-state index in [4.69, 9.17) is 4.74 Å². The van der Waals surface area contributed by atoms with Gasteiger partial charge in [0, 0.05) is 0 Å². The zero-order valence-electron chi connectivity index (χ0n) is 17.0. The minimum Gasteiger partial charge on any atom is -0.447 e. The van der Waals surface area contributed by atoms with Crippen LogP contribution in [0.25, 0.3) is 0 Å². The molecule has 0 bridgehead atoms. The fourth-order valence-electron chi connectivity index (χ4n) is 3.43. The van der Waals surface area contributed by atoms with Crippen LogP contribution in [0.1, 0.15) is 39.2 Å². The molecule has 1 aliphatic heterocycles. The Bertz CT molecular complexity index is 711. The Labute approximate surface area is 167 Å². The molecule has 0 saturated carbocycles. The fourth-order valence-corrected chi connectivity index (χ4v) is 3.43. The van der Waals surface area contributed by atoms with Gasteiger partial charge >= 0.3 is 6.09 Å². The number of allylic oxidation sites excluding steroid dienone is 1. The van der Waals surface area contributed by atoms with Crippen LogP contribution in [0.15, 0.2) is 54.6 Å². The van der Waals surface area contributed by atoms with Crippen LogP contribution in [0.5, 0.6) is 0 Å². The van der Waals surface area contributed by atoms with E-state index in [1.165, 1.54) is 11.0 Å². The molecule has 5 heteroatoms. The molecule has 1 fully saturated rings. The molecule has 1 aromatic rings. The van der Waals surface area contributed by atoms with Crippen LogP contribution in [-0.2, 0) is 16.0 Å². The molecule has 1 unspecified atom stereocenters. The number of benzene rings is 1. The Morgan fingerprint density at radius 2 is 2.04 bits per heavy atom. The summed E-state index contributed by atoms with van der Waals surface area (Å²) in [7, 11) is 0. The maximum absolute atomic E-state index is 13.3. The summed E-state index contributed by atoms with van der Waals surface area (Å²) in [4.78, 5) is 26.8. The van der Waals surface area contributed by atoms with Crippen molar-refractivity contribution in [3.05, 3.63) is 60.2 Å². The molecule has 1 N–H and O–H groups in total. The first-order valence-electron chi connectivity index (χ1n) is 9.86. The van der Waals surface area contributed by atoms with Crippen LogP contribution in [0.3, 0.4) is 0 Å². The highest BCUT2D eigenvalue weighted by atomic mass is 16.6. The second kappa shape index (κ2) is 10.2. The quantitative estimate of drug-likeness (QED) is 0.649. The first-order chi connectivity index (χ1) is 13.3. The minimum atomic E-state index is -1.06. The fraction of sp³-hybridized carbons (Fsp3) is 0.478. The second-order valence-electron chi connectivity index (χ2n) is 7.75. The number of nitrogens with zero attached hydrogens (tertiary/aromatic N) is 1. The number of cyclic esters (lactones) is 1. The number of hydrogen-bond acceptors (Lipinski definition) is 4. The molecule has 1 saturated heterocycles. The topological polar surface area (TPSA) is 66.8 Å².